The number of amides is 1. The Morgan fingerprint density at radius 2 is 1.96 bits per heavy atom. The Labute approximate surface area is 143 Å². The van der Waals surface area contributed by atoms with Crippen LogP contribution in [0.15, 0.2) is 36.7 Å². The molecule has 24 heavy (non-hydrogen) atoms. The fourth-order valence-corrected chi connectivity index (χ4v) is 2.24. The van der Waals surface area contributed by atoms with Crippen molar-refractivity contribution in [2.75, 3.05) is 32.5 Å². The molecule has 0 radical (unpaired) electrons. The van der Waals surface area contributed by atoms with Crippen molar-refractivity contribution < 1.29 is 4.79 Å². The number of rotatable bonds is 8. The summed E-state index contributed by atoms with van der Waals surface area (Å²) in [6, 6.07) is 8.25. The van der Waals surface area contributed by atoms with Crippen LogP contribution in [0.1, 0.15) is 27.9 Å². The normalized spacial score (nSPS) is 10.7. The van der Waals surface area contributed by atoms with Crippen LogP contribution in [0.2, 0.25) is 0 Å². The van der Waals surface area contributed by atoms with Crippen LogP contribution in [0, 0.1) is 6.92 Å². The first kappa shape index (κ1) is 17.9. The molecular weight excluding hydrogens is 302 g/mol. The topological polar surface area (TPSA) is 70.2 Å². The summed E-state index contributed by atoms with van der Waals surface area (Å²) in [5.74, 6) is 0.375. The van der Waals surface area contributed by atoms with Crippen molar-refractivity contribution in [3.63, 3.8) is 0 Å². The number of aryl methyl sites for hydroxylation is 1. The predicted molar refractivity (Wildman–Crippen MR) is 96.0 cm³/mol. The number of benzene rings is 1. The van der Waals surface area contributed by atoms with Crippen LogP contribution in [0.4, 0.5) is 5.95 Å². The van der Waals surface area contributed by atoms with Gasteiger partial charge in [-0.2, -0.15) is 0 Å². The maximum absolute atomic E-state index is 12.0. The second kappa shape index (κ2) is 8.98. The molecule has 2 N–H and O–H groups in total. The number of aromatic nitrogens is 2. The second-order valence-corrected chi connectivity index (χ2v) is 6.05. The van der Waals surface area contributed by atoms with Gasteiger partial charge in [-0.25, -0.2) is 9.97 Å². The molecule has 0 saturated carbocycles. The molecule has 1 heterocycles. The number of carbonyl (C=O) groups is 1. The summed E-state index contributed by atoms with van der Waals surface area (Å²) >= 11 is 0. The van der Waals surface area contributed by atoms with E-state index in [9.17, 15) is 4.79 Å². The van der Waals surface area contributed by atoms with E-state index in [1.54, 1.807) is 12.4 Å². The highest BCUT2D eigenvalue weighted by molar-refractivity contribution is 5.93. The van der Waals surface area contributed by atoms with E-state index < -0.39 is 0 Å². The van der Waals surface area contributed by atoms with Crippen molar-refractivity contribution in [2.24, 2.45) is 0 Å². The van der Waals surface area contributed by atoms with Gasteiger partial charge in [0, 0.05) is 25.5 Å². The minimum absolute atomic E-state index is 0.140. The van der Waals surface area contributed by atoms with Crippen LogP contribution < -0.4 is 10.6 Å². The smallest absolute Gasteiger partial charge is 0.254 e. The van der Waals surface area contributed by atoms with Gasteiger partial charge in [-0.05, 0) is 39.5 Å². The van der Waals surface area contributed by atoms with Crippen LogP contribution in [-0.2, 0) is 6.54 Å². The van der Waals surface area contributed by atoms with E-state index in [1.807, 2.05) is 20.2 Å². The molecule has 1 aromatic heterocycles. The molecule has 2 rings (SSSR count). The van der Waals surface area contributed by atoms with Crippen molar-refractivity contribution in [1.29, 1.82) is 0 Å². The molecule has 6 heteroatoms. The van der Waals surface area contributed by atoms with E-state index in [-0.39, 0.29) is 5.91 Å². The molecule has 2 aromatic rings. The molecule has 0 spiro atoms. The fourth-order valence-electron chi connectivity index (χ4n) is 2.24. The highest BCUT2D eigenvalue weighted by atomic mass is 16.1. The molecule has 0 aliphatic heterocycles. The lowest BCUT2D eigenvalue weighted by Crippen LogP contribution is -2.27. The Bertz CT molecular complexity index is 655. The number of hydrogen-bond acceptors (Lipinski definition) is 5. The quantitative estimate of drug-likeness (QED) is 0.727. The minimum atomic E-state index is -0.140. The highest BCUT2D eigenvalue weighted by Gasteiger charge is 2.06. The summed E-state index contributed by atoms with van der Waals surface area (Å²) in [5.41, 5.74) is 2.86. The number of hydrogen-bond donors (Lipinski definition) is 2. The van der Waals surface area contributed by atoms with Gasteiger partial charge in [0.15, 0.2) is 0 Å². The van der Waals surface area contributed by atoms with Crippen molar-refractivity contribution in [2.45, 2.75) is 19.9 Å². The number of nitrogens with zero attached hydrogens (tertiary/aromatic N) is 3. The molecular formula is C18H25N5O. The predicted octanol–water partition coefficient (Wildman–Crippen LogP) is 2.08. The summed E-state index contributed by atoms with van der Waals surface area (Å²) in [6.07, 6.45) is 4.01. The SMILES string of the molecule is Cc1cccc(CNc2ncc(C(=O)NCCCN(C)C)cn2)c1. The van der Waals surface area contributed by atoms with Gasteiger partial charge in [0.05, 0.1) is 5.56 Å². The molecule has 0 aliphatic carbocycles. The number of anilines is 1. The van der Waals surface area contributed by atoms with Crippen molar-refractivity contribution in [3.8, 4) is 0 Å². The third-order valence-electron chi connectivity index (χ3n) is 3.51. The van der Waals surface area contributed by atoms with Gasteiger partial charge in [-0.1, -0.05) is 29.8 Å². The molecule has 1 aromatic carbocycles. The largest absolute Gasteiger partial charge is 0.352 e. The third-order valence-corrected chi connectivity index (χ3v) is 3.51. The van der Waals surface area contributed by atoms with E-state index >= 15 is 0 Å². The zero-order valence-corrected chi connectivity index (χ0v) is 14.5. The number of carbonyl (C=O) groups excluding carboxylic acids is 1. The van der Waals surface area contributed by atoms with Crippen molar-refractivity contribution in [1.82, 2.24) is 20.2 Å². The average molecular weight is 327 g/mol. The Morgan fingerprint density at radius 3 is 2.62 bits per heavy atom. The molecule has 1 amide bonds. The van der Waals surface area contributed by atoms with Crippen molar-refractivity contribution in [3.05, 3.63) is 53.3 Å². The van der Waals surface area contributed by atoms with Gasteiger partial charge >= 0.3 is 0 Å². The molecule has 0 fully saturated rings. The van der Waals surface area contributed by atoms with E-state index in [0.29, 0.717) is 24.6 Å². The Morgan fingerprint density at radius 1 is 1.21 bits per heavy atom. The molecule has 0 unspecified atom stereocenters. The highest BCUT2D eigenvalue weighted by Crippen LogP contribution is 2.07. The number of nitrogens with one attached hydrogen (secondary N) is 2. The third kappa shape index (κ3) is 5.96. The fraction of sp³-hybridized carbons (Fsp3) is 0.389. The van der Waals surface area contributed by atoms with Gasteiger partial charge in [0.1, 0.15) is 0 Å². The van der Waals surface area contributed by atoms with Gasteiger partial charge in [0.2, 0.25) is 5.95 Å². The lowest BCUT2D eigenvalue weighted by Gasteiger charge is -2.10. The summed E-state index contributed by atoms with van der Waals surface area (Å²) in [5, 5.41) is 6.03. The van der Waals surface area contributed by atoms with Crippen LogP contribution >= 0.6 is 0 Å². The lowest BCUT2D eigenvalue weighted by molar-refractivity contribution is 0.0951. The average Bonchev–Trinajstić information content (AvgIpc) is 2.57. The lowest BCUT2D eigenvalue weighted by atomic mass is 10.1. The van der Waals surface area contributed by atoms with Gasteiger partial charge in [-0.15, -0.1) is 0 Å². The second-order valence-electron chi connectivity index (χ2n) is 6.05. The first-order chi connectivity index (χ1) is 11.5. The zero-order valence-electron chi connectivity index (χ0n) is 14.5. The monoisotopic (exact) mass is 327 g/mol. The van der Waals surface area contributed by atoms with E-state index in [0.717, 1.165) is 13.0 Å². The maximum Gasteiger partial charge on any atom is 0.254 e. The van der Waals surface area contributed by atoms with E-state index in [2.05, 4.69) is 50.6 Å². The Kier molecular flexibility index (Phi) is 6.69. The van der Waals surface area contributed by atoms with Crippen LogP contribution in [0.5, 0.6) is 0 Å². The molecule has 0 saturated heterocycles. The summed E-state index contributed by atoms with van der Waals surface area (Å²) in [6.45, 7) is 4.30. The molecule has 6 nitrogen and oxygen atoms in total. The van der Waals surface area contributed by atoms with Crippen LogP contribution in [-0.4, -0.2) is 48.0 Å². The molecule has 0 bridgehead atoms. The van der Waals surface area contributed by atoms with Crippen LogP contribution in [0.25, 0.3) is 0 Å². The van der Waals surface area contributed by atoms with E-state index in [1.165, 1.54) is 11.1 Å². The molecule has 0 atom stereocenters. The summed E-state index contributed by atoms with van der Waals surface area (Å²) in [7, 11) is 4.02. The first-order valence-electron chi connectivity index (χ1n) is 8.09. The first-order valence-corrected chi connectivity index (χ1v) is 8.09. The Hall–Kier alpha value is -2.47. The van der Waals surface area contributed by atoms with E-state index in [4.69, 9.17) is 0 Å². The Balaban J connectivity index is 1.80. The summed E-state index contributed by atoms with van der Waals surface area (Å²) in [4.78, 5) is 22.5. The van der Waals surface area contributed by atoms with Crippen molar-refractivity contribution >= 4 is 11.9 Å². The summed E-state index contributed by atoms with van der Waals surface area (Å²) < 4.78 is 0. The van der Waals surface area contributed by atoms with Gasteiger partial charge in [0.25, 0.3) is 5.91 Å². The minimum Gasteiger partial charge on any atom is -0.352 e. The maximum atomic E-state index is 12.0. The van der Waals surface area contributed by atoms with Crippen LogP contribution in [0.3, 0.4) is 0 Å². The van der Waals surface area contributed by atoms with Gasteiger partial charge < -0.3 is 15.5 Å². The zero-order chi connectivity index (χ0) is 17.4. The van der Waals surface area contributed by atoms with Gasteiger partial charge in [-0.3, -0.25) is 4.79 Å². The molecule has 0 aliphatic rings. The molecule has 128 valence electrons. The standard InChI is InChI=1S/C18H25N5O/c1-14-6-4-7-15(10-14)11-20-18-21-12-16(13-22-18)17(24)19-8-5-9-23(2)3/h4,6-7,10,12-13H,5,8-9,11H2,1-3H3,(H,19,24)(H,20,21,22).